The molecule has 5 heteroatoms. The van der Waals surface area contributed by atoms with Crippen molar-refractivity contribution in [3.8, 4) is 5.75 Å². The van der Waals surface area contributed by atoms with Crippen LogP contribution in [-0.2, 0) is 4.79 Å². The highest BCUT2D eigenvalue weighted by molar-refractivity contribution is 5.77. The summed E-state index contributed by atoms with van der Waals surface area (Å²) in [4.78, 5) is 13.1. The summed E-state index contributed by atoms with van der Waals surface area (Å²) in [5.41, 5.74) is 0.576. The summed E-state index contributed by atoms with van der Waals surface area (Å²) in [5.74, 6) is -0.103. The summed E-state index contributed by atoms with van der Waals surface area (Å²) in [6.45, 7) is 4.30. The Morgan fingerprint density at radius 2 is 2.21 bits per heavy atom. The van der Waals surface area contributed by atoms with Crippen LogP contribution < -0.4 is 10.1 Å². The van der Waals surface area contributed by atoms with E-state index in [2.05, 4.69) is 5.32 Å². The molecule has 0 saturated carbocycles. The van der Waals surface area contributed by atoms with Gasteiger partial charge in [-0.2, -0.15) is 0 Å². The van der Waals surface area contributed by atoms with E-state index in [0.29, 0.717) is 17.9 Å². The van der Waals surface area contributed by atoms with Crippen LogP contribution in [0.3, 0.4) is 0 Å². The molecule has 19 heavy (non-hydrogen) atoms. The van der Waals surface area contributed by atoms with Crippen LogP contribution in [0.2, 0.25) is 0 Å². The number of nitrogens with one attached hydrogen (secondary N) is 1. The highest BCUT2D eigenvalue weighted by Crippen LogP contribution is 2.21. The molecule has 106 valence electrons. The number of rotatable bonds is 6. The largest absolute Gasteiger partial charge is 0.484 e. The molecule has 1 rings (SSSR count). The SMILES string of the molecule is CCN(C)C(=O)COc1ccc(C(C)NC)c(F)c1. The molecule has 0 saturated heterocycles. The Bertz CT molecular complexity index is 437. The minimum absolute atomic E-state index is 0.0677. The molecule has 1 atom stereocenters. The fourth-order valence-electron chi connectivity index (χ4n) is 1.54. The molecule has 0 bridgehead atoms. The van der Waals surface area contributed by atoms with E-state index in [1.165, 1.54) is 6.07 Å². The fraction of sp³-hybridized carbons (Fsp3) is 0.500. The van der Waals surface area contributed by atoms with Crippen molar-refractivity contribution in [2.75, 3.05) is 27.2 Å². The summed E-state index contributed by atoms with van der Waals surface area (Å²) in [6.07, 6.45) is 0. The van der Waals surface area contributed by atoms with E-state index in [0.717, 1.165) is 0 Å². The van der Waals surface area contributed by atoms with Gasteiger partial charge in [0, 0.05) is 31.3 Å². The maximum Gasteiger partial charge on any atom is 0.260 e. The third-order valence-corrected chi connectivity index (χ3v) is 3.13. The topological polar surface area (TPSA) is 41.6 Å². The average Bonchev–Trinajstić information content (AvgIpc) is 2.43. The van der Waals surface area contributed by atoms with Crippen molar-refractivity contribution >= 4 is 5.91 Å². The molecular weight excluding hydrogens is 247 g/mol. The maximum absolute atomic E-state index is 13.8. The van der Waals surface area contributed by atoms with Crippen LogP contribution in [-0.4, -0.2) is 38.1 Å². The molecule has 0 aromatic heterocycles. The predicted molar refractivity (Wildman–Crippen MR) is 72.7 cm³/mol. The molecule has 0 aliphatic heterocycles. The summed E-state index contributed by atoms with van der Waals surface area (Å²) in [5, 5.41) is 2.97. The number of halogens is 1. The van der Waals surface area contributed by atoms with E-state index >= 15 is 0 Å². The number of benzene rings is 1. The summed E-state index contributed by atoms with van der Waals surface area (Å²) < 4.78 is 19.1. The van der Waals surface area contributed by atoms with Gasteiger partial charge in [-0.15, -0.1) is 0 Å². The number of hydrogen-bond donors (Lipinski definition) is 1. The van der Waals surface area contributed by atoms with Gasteiger partial charge in [0.25, 0.3) is 5.91 Å². The Morgan fingerprint density at radius 1 is 1.53 bits per heavy atom. The molecule has 0 radical (unpaired) electrons. The summed E-state index contributed by atoms with van der Waals surface area (Å²) in [7, 11) is 3.47. The van der Waals surface area contributed by atoms with Gasteiger partial charge in [0.05, 0.1) is 0 Å². The lowest BCUT2D eigenvalue weighted by Crippen LogP contribution is -2.31. The highest BCUT2D eigenvalue weighted by atomic mass is 19.1. The Hall–Kier alpha value is -1.62. The number of ether oxygens (including phenoxy) is 1. The lowest BCUT2D eigenvalue weighted by molar-refractivity contribution is -0.131. The van der Waals surface area contributed by atoms with Crippen molar-refractivity contribution in [2.24, 2.45) is 0 Å². The van der Waals surface area contributed by atoms with Crippen molar-refractivity contribution < 1.29 is 13.9 Å². The third kappa shape index (κ3) is 4.21. The maximum atomic E-state index is 13.8. The van der Waals surface area contributed by atoms with E-state index in [-0.39, 0.29) is 24.4 Å². The van der Waals surface area contributed by atoms with Gasteiger partial charge >= 0.3 is 0 Å². The first-order valence-corrected chi connectivity index (χ1v) is 6.33. The van der Waals surface area contributed by atoms with Gasteiger partial charge in [-0.05, 0) is 27.0 Å². The molecule has 4 nitrogen and oxygen atoms in total. The van der Waals surface area contributed by atoms with Crippen LogP contribution in [0.15, 0.2) is 18.2 Å². The fourth-order valence-corrected chi connectivity index (χ4v) is 1.54. The molecular formula is C14H21FN2O2. The van der Waals surface area contributed by atoms with Gasteiger partial charge in [-0.3, -0.25) is 4.79 Å². The Labute approximate surface area is 113 Å². The van der Waals surface area contributed by atoms with Crippen molar-refractivity contribution in [3.05, 3.63) is 29.6 Å². The molecule has 1 unspecified atom stereocenters. The summed E-state index contributed by atoms with van der Waals surface area (Å²) in [6, 6.07) is 4.58. The number of carbonyl (C=O) groups is 1. The van der Waals surface area contributed by atoms with Crippen LogP contribution in [0.25, 0.3) is 0 Å². The lowest BCUT2D eigenvalue weighted by atomic mass is 10.1. The van der Waals surface area contributed by atoms with E-state index in [1.54, 1.807) is 31.1 Å². The van der Waals surface area contributed by atoms with E-state index in [1.807, 2.05) is 13.8 Å². The normalized spacial score (nSPS) is 12.1. The second-order valence-corrected chi connectivity index (χ2v) is 4.39. The number of hydrogen-bond acceptors (Lipinski definition) is 3. The highest BCUT2D eigenvalue weighted by Gasteiger charge is 2.11. The zero-order valence-corrected chi connectivity index (χ0v) is 11.9. The van der Waals surface area contributed by atoms with Gasteiger partial charge in [-0.1, -0.05) is 6.07 Å². The van der Waals surface area contributed by atoms with E-state index in [4.69, 9.17) is 4.74 Å². The Balaban J connectivity index is 2.66. The van der Waals surface area contributed by atoms with Crippen LogP contribution >= 0.6 is 0 Å². The van der Waals surface area contributed by atoms with Crippen molar-refractivity contribution in [3.63, 3.8) is 0 Å². The molecule has 0 fully saturated rings. The minimum atomic E-state index is -0.337. The smallest absolute Gasteiger partial charge is 0.260 e. The van der Waals surface area contributed by atoms with Crippen LogP contribution in [0.4, 0.5) is 4.39 Å². The monoisotopic (exact) mass is 268 g/mol. The van der Waals surface area contributed by atoms with E-state index < -0.39 is 0 Å². The Kier molecular flexibility index (Phi) is 5.76. The van der Waals surface area contributed by atoms with Crippen LogP contribution in [0.1, 0.15) is 25.5 Å². The van der Waals surface area contributed by atoms with Gasteiger partial charge < -0.3 is 15.0 Å². The second-order valence-electron chi connectivity index (χ2n) is 4.39. The van der Waals surface area contributed by atoms with Gasteiger partial charge in [0.1, 0.15) is 11.6 Å². The lowest BCUT2D eigenvalue weighted by Gasteiger charge is -2.16. The number of carbonyl (C=O) groups excluding carboxylic acids is 1. The first kappa shape index (κ1) is 15.4. The molecule has 0 heterocycles. The van der Waals surface area contributed by atoms with Crippen molar-refractivity contribution in [1.82, 2.24) is 10.2 Å². The van der Waals surface area contributed by atoms with Crippen LogP contribution in [0.5, 0.6) is 5.75 Å². The van der Waals surface area contributed by atoms with Gasteiger partial charge in [0.2, 0.25) is 0 Å². The molecule has 1 amide bonds. The quantitative estimate of drug-likeness (QED) is 0.857. The second kappa shape index (κ2) is 7.09. The van der Waals surface area contributed by atoms with Crippen molar-refractivity contribution in [1.29, 1.82) is 0 Å². The third-order valence-electron chi connectivity index (χ3n) is 3.13. The molecule has 1 N–H and O–H groups in total. The summed E-state index contributed by atoms with van der Waals surface area (Å²) >= 11 is 0. The predicted octanol–water partition coefficient (Wildman–Crippen LogP) is 1.96. The number of amides is 1. The first-order valence-electron chi connectivity index (χ1n) is 6.33. The Morgan fingerprint density at radius 3 is 2.74 bits per heavy atom. The van der Waals surface area contributed by atoms with Gasteiger partial charge in [0.15, 0.2) is 6.61 Å². The van der Waals surface area contributed by atoms with Crippen LogP contribution in [0, 0.1) is 5.82 Å². The zero-order chi connectivity index (χ0) is 14.4. The van der Waals surface area contributed by atoms with Gasteiger partial charge in [-0.25, -0.2) is 4.39 Å². The van der Waals surface area contributed by atoms with E-state index in [9.17, 15) is 9.18 Å². The number of likely N-dealkylation sites (N-methyl/N-ethyl adjacent to an activating group) is 1. The molecule has 0 aliphatic carbocycles. The molecule has 0 aliphatic rings. The molecule has 1 aromatic rings. The molecule has 0 spiro atoms. The number of nitrogens with zero attached hydrogens (tertiary/aromatic N) is 1. The standard InChI is InChI=1S/C14H21FN2O2/c1-5-17(4)14(18)9-19-11-6-7-12(10(2)16-3)13(15)8-11/h6-8,10,16H,5,9H2,1-4H3. The van der Waals surface area contributed by atoms with Crippen molar-refractivity contribution in [2.45, 2.75) is 19.9 Å². The minimum Gasteiger partial charge on any atom is -0.484 e. The zero-order valence-electron chi connectivity index (χ0n) is 11.9. The first-order chi connectivity index (χ1) is 8.99. The molecule has 1 aromatic carbocycles. The average molecular weight is 268 g/mol.